The first kappa shape index (κ1) is 11.3. The number of piperidine rings is 1. The van der Waals surface area contributed by atoms with Crippen LogP contribution in [0.15, 0.2) is 28.7 Å². The average molecular weight is 257 g/mol. The molecule has 1 saturated heterocycles. The number of nitrogens with one attached hydrogen (secondary N) is 1. The van der Waals surface area contributed by atoms with Gasteiger partial charge in [-0.15, -0.1) is 0 Å². The number of hydrogen-bond acceptors (Lipinski definition) is 4. The minimum atomic E-state index is 0.688. The van der Waals surface area contributed by atoms with Crippen LogP contribution < -0.4 is 10.2 Å². The second kappa shape index (κ2) is 4.53. The summed E-state index contributed by atoms with van der Waals surface area (Å²) in [5.41, 5.74) is 1.84. The molecule has 4 heteroatoms. The van der Waals surface area contributed by atoms with Gasteiger partial charge in [-0.3, -0.25) is 0 Å². The molecule has 0 bridgehead atoms. The number of benzene rings is 1. The van der Waals surface area contributed by atoms with Crippen molar-refractivity contribution in [3.05, 3.63) is 24.3 Å². The highest BCUT2D eigenvalue weighted by molar-refractivity contribution is 5.74. The van der Waals surface area contributed by atoms with Crippen LogP contribution in [-0.4, -0.2) is 30.2 Å². The first-order valence-electron chi connectivity index (χ1n) is 7.25. The summed E-state index contributed by atoms with van der Waals surface area (Å²) in [7, 11) is 0. The molecule has 1 aliphatic carbocycles. The third-order valence-corrected chi connectivity index (χ3v) is 4.10. The molecule has 19 heavy (non-hydrogen) atoms. The summed E-state index contributed by atoms with van der Waals surface area (Å²) in [6, 6.07) is 10.3. The summed E-state index contributed by atoms with van der Waals surface area (Å²) in [6.45, 7) is 2.08. The van der Waals surface area contributed by atoms with Crippen molar-refractivity contribution >= 4 is 17.1 Å². The number of fused-ring (bicyclic) bond motifs is 1. The van der Waals surface area contributed by atoms with Crippen molar-refractivity contribution in [2.45, 2.75) is 37.8 Å². The number of para-hydroxylation sites is 2. The van der Waals surface area contributed by atoms with Gasteiger partial charge in [0.25, 0.3) is 6.01 Å². The van der Waals surface area contributed by atoms with Gasteiger partial charge in [0.05, 0.1) is 0 Å². The molecule has 1 aromatic carbocycles. The van der Waals surface area contributed by atoms with E-state index in [0.29, 0.717) is 6.04 Å². The lowest BCUT2D eigenvalue weighted by atomic mass is 10.1. The summed E-state index contributed by atoms with van der Waals surface area (Å²) >= 11 is 0. The zero-order valence-electron chi connectivity index (χ0n) is 11.0. The molecule has 0 unspecified atom stereocenters. The molecular formula is C15H19N3O. The highest BCUT2D eigenvalue weighted by Crippen LogP contribution is 2.26. The van der Waals surface area contributed by atoms with Gasteiger partial charge in [-0.05, 0) is 37.8 Å². The van der Waals surface area contributed by atoms with Gasteiger partial charge in [0.15, 0.2) is 5.58 Å². The molecule has 0 radical (unpaired) electrons. The second-order valence-electron chi connectivity index (χ2n) is 5.67. The van der Waals surface area contributed by atoms with Gasteiger partial charge in [0.1, 0.15) is 5.52 Å². The maximum Gasteiger partial charge on any atom is 0.298 e. The van der Waals surface area contributed by atoms with E-state index < -0.39 is 0 Å². The molecule has 4 nitrogen and oxygen atoms in total. The Balaban J connectivity index is 1.45. The van der Waals surface area contributed by atoms with Crippen molar-refractivity contribution in [2.24, 2.45) is 0 Å². The lowest BCUT2D eigenvalue weighted by Gasteiger charge is -2.31. The van der Waals surface area contributed by atoms with E-state index in [2.05, 4.69) is 15.2 Å². The van der Waals surface area contributed by atoms with Crippen LogP contribution in [0.25, 0.3) is 11.1 Å². The highest BCUT2D eigenvalue weighted by Gasteiger charge is 2.28. The van der Waals surface area contributed by atoms with Crippen LogP contribution in [0.2, 0.25) is 0 Å². The van der Waals surface area contributed by atoms with E-state index in [4.69, 9.17) is 4.42 Å². The molecule has 2 aliphatic rings. The van der Waals surface area contributed by atoms with Gasteiger partial charge >= 0.3 is 0 Å². The Bertz CT molecular complexity index is 535. The summed E-state index contributed by atoms with van der Waals surface area (Å²) < 4.78 is 5.83. The average Bonchev–Trinajstić information content (AvgIpc) is 3.15. The van der Waals surface area contributed by atoms with Gasteiger partial charge in [0.2, 0.25) is 0 Å². The van der Waals surface area contributed by atoms with Gasteiger partial charge < -0.3 is 14.6 Å². The van der Waals surface area contributed by atoms with Crippen LogP contribution in [0.1, 0.15) is 25.7 Å². The first-order chi connectivity index (χ1) is 9.38. The van der Waals surface area contributed by atoms with Gasteiger partial charge in [-0.1, -0.05) is 12.1 Å². The molecule has 1 N–H and O–H groups in total. The van der Waals surface area contributed by atoms with Crippen LogP contribution in [-0.2, 0) is 0 Å². The van der Waals surface area contributed by atoms with E-state index in [9.17, 15) is 0 Å². The van der Waals surface area contributed by atoms with Gasteiger partial charge in [0, 0.05) is 25.2 Å². The van der Waals surface area contributed by atoms with Crippen molar-refractivity contribution in [1.29, 1.82) is 0 Å². The quantitative estimate of drug-likeness (QED) is 0.917. The predicted molar refractivity (Wildman–Crippen MR) is 75.4 cm³/mol. The maximum atomic E-state index is 5.83. The largest absolute Gasteiger partial charge is 0.423 e. The Kier molecular flexibility index (Phi) is 2.69. The lowest BCUT2D eigenvalue weighted by Crippen LogP contribution is -2.43. The van der Waals surface area contributed by atoms with Crippen LogP contribution in [0.4, 0.5) is 6.01 Å². The zero-order chi connectivity index (χ0) is 12.7. The number of rotatable bonds is 3. The van der Waals surface area contributed by atoms with Crippen molar-refractivity contribution in [1.82, 2.24) is 10.3 Å². The number of hydrogen-bond donors (Lipinski definition) is 1. The molecule has 2 fully saturated rings. The second-order valence-corrected chi connectivity index (χ2v) is 5.67. The Morgan fingerprint density at radius 2 is 1.79 bits per heavy atom. The zero-order valence-corrected chi connectivity index (χ0v) is 11.0. The van der Waals surface area contributed by atoms with Gasteiger partial charge in [-0.2, -0.15) is 4.98 Å². The third kappa shape index (κ3) is 2.32. The molecule has 1 saturated carbocycles. The van der Waals surface area contributed by atoms with E-state index in [1.54, 1.807) is 0 Å². The Morgan fingerprint density at radius 3 is 2.53 bits per heavy atom. The smallest absolute Gasteiger partial charge is 0.298 e. The Morgan fingerprint density at radius 1 is 1.05 bits per heavy atom. The van der Waals surface area contributed by atoms with Crippen LogP contribution in [0.5, 0.6) is 0 Å². The topological polar surface area (TPSA) is 41.3 Å². The summed E-state index contributed by atoms with van der Waals surface area (Å²) in [5, 5.41) is 3.71. The molecule has 1 aliphatic heterocycles. The molecule has 100 valence electrons. The Labute approximate surface area is 112 Å². The van der Waals surface area contributed by atoms with Crippen molar-refractivity contribution in [2.75, 3.05) is 18.0 Å². The number of oxazole rings is 1. The summed E-state index contributed by atoms with van der Waals surface area (Å²) in [5.74, 6) is 0. The lowest BCUT2D eigenvalue weighted by molar-refractivity contribution is 0.399. The van der Waals surface area contributed by atoms with E-state index in [0.717, 1.165) is 36.2 Å². The molecule has 2 aromatic rings. The van der Waals surface area contributed by atoms with Crippen molar-refractivity contribution in [3.63, 3.8) is 0 Å². The number of anilines is 1. The molecule has 2 heterocycles. The minimum Gasteiger partial charge on any atom is -0.423 e. The third-order valence-electron chi connectivity index (χ3n) is 4.10. The molecule has 1 aromatic heterocycles. The molecule has 0 atom stereocenters. The molecule has 0 spiro atoms. The van der Waals surface area contributed by atoms with Crippen LogP contribution >= 0.6 is 0 Å². The van der Waals surface area contributed by atoms with Crippen molar-refractivity contribution in [3.8, 4) is 0 Å². The van der Waals surface area contributed by atoms with Gasteiger partial charge in [-0.25, -0.2) is 0 Å². The Hall–Kier alpha value is -1.55. The SMILES string of the molecule is c1ccc2oc(N3CCC(NC4CC4)CC3)nc2c1. The summed E-state index contributed by atoms with van der Waals surface area (Å²) in [6.07, 6.45) is 5.11. The van der Waals surface area contributed by atoms with E-state index in [1.807, 2.05) is 24.3 Å². The molecular weight excluding hydrogens is 238 g/mol. The minimum absolute atomic E-state index is 0.688. The first-order valence-corrected chi connectivity index (χ1v) is 7.25. The molecule has 4 rings (SSSR count). The fraction of sp³-hybridized carbons (Fsp3) is 0.533. The summed E-state index contributed by atoms with van der Waals surface area (Å²) in [4.78, 5) is 6.84. The fourth-order valence-electron chi connectivity index (χ4n) is 2.82. The van der Waals surface area contributed by atoms with E-state index in [-0.39, 0.29) is 0 Å². The fourth-order valence-corrected chi connectivity index (χ4v) is 2.82. The maximum absolute atomic E-state index is 5.83. The molecule has 0 amide bonds. The monoisotopic (exact) mass is 257 g/mol. The highest BCUT2D eigenvalue weighted by atomic mass is 16.4. The van der Waals surface area contributed by atoms with Crippen LogP contribution in [0, 0.1) is 0 Å². The predicted octanol–water partition coefficient (Wildman–Crippen LogP) is 2.55. The van der Waals surface area contributed by atoms with Crippen molar-refractivity contribution < 1.29 is 4.42 Å². The standard InChI is InChI=1S/C15H19N3O/c1-2-4-14-13(3-1)17-15(19-14)18-9-7-12(8-10-18)16-11-5-6-11/h1-4,11-12,16H,5-10H2. The van der Waals surface area contributed by atoms with E-state index >= 15 is 0 Å². The normalized spacial score (nSPS) is 21.2. The van der Waals surface area contributed by atoms with E-state index in [1.165, 1.54) is 25.7 Å². The van der Waals surface area contributed by atoms with Crippen LogP contribution in [0.3, 0.4) is 0 Å². The number of nitrogens with zero attached hydrogens (tertiary/aromatic N) is 2. The number of aromatic nitrogens is 1.